The Morgan fingerprint density at radius 3 is 2.50 bits per heavy atom. The van der Waals surface area contributed by atoms with Crippen LogP contribution in [0.15, 0.2) is 0 Å². The monoisotopic (exact) mass is 270 g/mol. The third-order valence-electron chi connectivity index (χ3n) is 2.39. The van der Waals surface area contributed by atoms with E-state index in [0.29, 0.717) is 18.3 Å². The second-order valence-corrected chi connectivity index (χ2v) is 4.94. The molecule has 100 valence electrons. The summed E-state index contributed by atoms with van der Waals surface area (Å²) in [5.74, 6) is 0.790. The highest BCUT2D eigenvalue weighted by Gasteiger charge is 2.08. The zero-order chi connectivity index (χ0) is 13.7. The number of rotatable bonds is 5. The first-order valence-electron chi connectivity index (χ1n) is 5.91. The number of carbonyl (C=O) groups is 1. The Hall–Kier alpha value is -1.36. The number of carbonyl (C=O) groups excluding carboxylic acids is 1. The fourth-order valence-electron chi connectivity index (χ4n) is 1.23. The number of halogens is 1. The molecular formula is C12H19ClN4O. The van der Waals surface area contributed by atoms with Crippen molar-refractivity contribution in [2.75, 3.05) is 18.4 Å². The number of hydrogen-bond acceptors (Lipinski definition) is 4. The van der Waals surface area contributed by atoms with Crippen molar-refractivity contribution in [1.29, 1.82) is 0 Å². The lowest BCUT2D eigenvalue weighted by Crippen LogP contribution is -2.32. The Kier molecular flexibility index (Phi) is 5.34. The summed E-state index contributed by atoms with van der Waals surface area (Å²) in [7, 11) is 0. The predicted molar refractivity (Wildman–Crippen MR) is 72.9 cm³/mol. The largest absolute Gasteiger partial charge is 0.358 e. The zero-order valence-electron chi connectivity index (χ0n) is 11.2. The maximum absolute atomic E-state index is 11.5. The Labute approximate surface area is 112 Å². The van der Waals surface area contributed by atoms with E-state index >= 15 is 0 Å². The lowest BCUT2D eigenvalue weighted by molar-refractivity contribution is -0.119. The van der Waals surface area contributed by atoms with E-state index in [-0.39, 0.29) is 17.6 Å². The van der Waals surface area contributed by atoms with Crippen molar-refractivity contribution < 1.29 is 4.79 Å². The molecule has 0 aliphatic heterocycles. The van der Waals surface area contributed by atoms with Crippen LogP contribution in [-0.2, 0) is 4.79 Å². The first kappa shape index (κ1) is 14.7. The van der Waals surface area contributed by atoms with Gasteiger partial charge in [-0.2, -0.15) is 0 Å². The molecule has 1 aromatic heterocycles. The standard InChI is InChI=1S/C12H19ClN4O/c1-7(2)5-14-10(18)6-15-12-11(13)16-8(3)9(4)17-12/h7H,5-6H2,1-4H3,(H,14,18)(H,15,17). The van der Waals surface area contributed by atoms with E-state index in [1.165, 1.54) is 0 Å². The number of hydrogen-bond donors (Lipinski definition) is 2. The van der Waals surface area contributed by atoms with Gasteiger partial charge in [0.15, 0.2) is 11.0 Å². The first-order chi connectivity index (χ1) is 8.40. The average Bonchev–Trinajstić information content (AvgIpc) is 2.29. The van der Waals surface area contributed by atoms with Crippen LogP contribution in [-0.4, -0.2) is 29.0 Å². The van der Waals surface area contributed by atoms with Gasteiger partial charge in [-0.3, -0.25) is 4.79 Å². The number of aryl methyl sites for hydroxylation is 2. The van der Waals surface area contributed by atoms with Gasteiger partial charge in [0.05, 0.1) is 17.9 Å². The van der Waals surface area contributed by atoms with Gasteiger partial charge in [0, 0.05) is 6.54 Å². The molecule has 0 aliphatic carbocycles. The minimum Gasteiger partial charge on any atom is -0.358 e. The summed E-state index contributed by atoms with van der Waals surface area (Å²) in [5, 5.41) is 5.98. The molecule has 1 aromatic rings. The third kappa shape index (κ3) is 4.49. The van der Waals surface area contributed by atoms with Gasteiger partial charge in [-0.15, -0.1) is 0 Å². The fourth-order valence-corrected chi connectivity index (χ4v) is 1.47. The molecule has 0 saturated heterocycles. The normalized spacial score (nSPS) is 10.6. The quantitative estimate of drug-likeness (QED) is 0.858. The molecule has 0 fully saturated rings. The Morgan fingerprint density at radius 1 is 1.28 bits per heavy atom. The van der Waals surface area contributed by atoms with E-state index in [0.717, 1.165) is 11.4 Å². The van der Waals surface area contributed by atoms with Crippen LogP contribution in [0, 0.1) is 19.8 Å². The maximum Gasteiger partial charge on any atom is 0.239 e. The summed E-state index contributed by atoms with van der Waals surface area (Å²) < 4.78 is 0. The van der Waals surface area contributed by atoms with Crippen LogP contribution >= 0.6 is 11.6 Å². The van der Waals surface area contributed by atoms with Crippen molar-refractivity contribution in [3.05, 3.63) is 16.5 Å². The van der Waals surface area contributed by atoms with Gasteiger partial charge in [-0.05, 0) is 19.8 Å². The SMILES string of the molecule is Cc1nc(Cl)c(NCC(=O)NCC(C)C)nc1C. The van der Waals surface area contributed by atoms with Crippen LogP contribution in [0.2, 0.25) is 5.15 Å². The summed E-state index contributed by atoms with van der Waals surface area (Å²) in [4.78, 5) is 19.9. The van der Waals surface area contributed by atoms with Gasteiger partial charge in [-0.1, -0.05) is 25.4 Å². The molecule has 0 aliphatic rings. The van der Waals surface area contributed by atoms with Crippen LogP contribution in [0.4, 0.5) is 5.82 Å². The molecule has 18 heavy (non-hydrogen) atoms. The topological polar surface area (TPSA) is 66.9 Å². The van der Waals surface area contributed by atoms with E-state index in [9.17, 15) is 4.79 Å². The van der Waals surface area contributed by atoms with E-state index in [1.807, 2.05) is 27.7 Å². The second kappa shape index (κ2) is 6.54. The molecule has 0 atom stereocenters. The van der Waals surface area contributed by atoms with Crippen LogP contribution in [0.3, 0.4) is 0 Å². The number of nitrogens with one attached hydrogen (secondary N) is 2. The molecule has 5 nitrogen and oxygen atoms in total. The van der Waals surface area contributed by atoms with E-state index in [4.69, 9.17) is 11.6 Å². The highest BCUT2D eigenvalue weighted by atomic mass is 35.5. The van der Waals surface area contributed by atoms with Crippen molar-refractivity contribution >= 4 is 23.3 Å². The molecule has 0 aromatic carbocycles. The van der Waals surface area contributed by atoms with Crippen LogP contribution in [0.5, 0.6) is 0 Å². The Bertz CT molecular complexity index is 434. The molecular weight excluding hydrogens is 252 g/mol. The summed E-state index contributed by atoms with van der Waals surface area (Å²) in [6, 6.07) is 0. The fraction of sp³-hybridized carbons (Fsp3) is 0.583. The second-order valence-electron chi connectivity index (χ2n) is 4.59. The molecule has 0 bridgehead atoms. The van der Waals surface area contributed by atoms with Crippen molar-refractivity contribution in [2.45, 2.75) is 27.7 Å². The summed E-state index contributed by atoms with van der Waals surface area (Å²) in [5.41, 5.74) is 1.58. The number of amides is 1. The molecule has 0 radical (unpaired) electrons. The van der Waals surface area contributed by atoms with Gasteiger partial charge in [0.2, 0.25) is 5.91 Å². The average molecular weight is 271 g/mol. The number of anilines is 1. The van der Waals surface area contributed by atoms with Gasteiger partial charge < -0.3 is 10.6 Å². The molecule has 0 unspecified atom stereocenters. The molecule has 1 heterocycles. The molecule has 6 heteroatoms. The third-order valence-corrected chi connectivity index (χ3v) is 2.65. The summed E-state index contributed by atoms with van der Waals surface area (Å²) >= 11 is 5.94. The lowest BCUT2D eigenvalue weighted by atomic mass is 10.2. The number of nitrogens with zero attached hydrogens (tertiary/aromatic N) is 2. The molecule has 2 N–H and O–H groups in total. The van der Waals surface area contributed by atoms with Gasteiger partial charge >= 0.3 is 0 Å². The van der Waals surface area contributed by atoms with E-state index in [1.54, 1.807) is 0 Å². The van der Waals surface area contributed by atoms with E-state index < -0.39 is 0 Å². The van der Waals surface area contributed by atoms with Crippen LogP contribution in [0.25, 0.3) is 0 Å². The molecule has 0 saturated carbocycles. The van der Waals surface area contributed by atoms with Crippen molar-refractivity contribution in [2.24, 2.45) is 5.92 Å². The van der Waals surface area contributed by atoms with Gasteiger partial charge in [0.1, 0.15) is 0 Å². The highest BCUT2D eigenvalue weighted by Crippen LogP contribution is 2.17. The predicted octanol–water partition coefficient (Wildman–Crippen LogP) is 1.93. The Balaban J connectivity index is 2.53. The van der Waals surface area contributed by atoms with Gasteiger partial charge in [-0.25, -0.2) is 9.97 Å². The first-order valence-corrected chi connectivity index (χ1v) is 6.29. The van der Waals surface area contributed by atoms with Crippen LogP contribution in [0.1, 0.15) is 25.2 Å². The van der Waals surface area contributed by atoms with Crippen LogP contribution < -0.4 is 10.6 Å². The number of aromatic nitrogens is 2. The summed E-state index contributed by atoms with van der Waals surface area (Å²) in [6.07, 6.45) is 0. The van der Waals surface area contributed by atoms with Crippen molar-refractivity contribution in [3.8, 4) is 0 Å². The highest BCUT2D eigenvalue weighted by molar-refractivity contribution is 6.31. The Morgan fingerprint density at radius 2 is 1.89 bits per heavy atom. The minimum absolute atomic E-state index is 0.0835. The van der Waals surface area contributed by atoms with E-state index in [2.05, 4.69) is 20.6 Å². The zero-order valence-corrected chi connectivity index (χ0v) is 11.9. The van der Waals surface area contributed by atoms with Crippen molar-refractivity contribution in [1.82, 2.24) is 15.3 Å². The summed E-state index contributed by atoms with van der Waals surface area (Å²) in [6.45, 7) is 8.57. The smallest absolute Gasteiger partial charge is 0.239 e. The molecule has 0 spiro atoms. The van der Waals surface area contributed by atoms with Gasteiger partial charge in [0.25, 0.3) is 0 Å². The minimum atomic E-state index is -0.0835. The van der Waals surface area contributed by atoms with Crippen molar-refractivity contribution in [3.63, 3.8) is 0 Å². The lowest BCUT2D eigenvalue weighted by Gasteiger charge is -2.10. The maximum atomic E-state index is 11.5. The molecule has 1 rings (SSSR count). The molecule has 1 amide bonds.